The fraction of sp³-hybridized carbons (Fsp3) is 0.533. The van der Waals surface area contributed by atoms with Crippen molar-refractivity contribution in [2.75, 3.05) is 0 Å². The third-order valence-electron chi connectivity index (χ3n) is 4.04. The zero-order valence-corrected chi connectivity index (χ0v) is 14.0. The first-order valence-corrected chi connectivity index (χ1v) is 8.57. The summed E-state index contributed by atoms with van der Waals surface area (Å²) in [6.45, 7) is 9.49. The Morgan fingerprint density at radius 3 is 2.33 bits per heavy atom. The zero-order chi connectivity index (χ0) is 16.4. The smallest absolute Gasteiger partial charge is 0.251 e. The first-order chi connectivity index (χ1) is 9.57. The van der Waals surface area contributed by atoms with Gasteiger partial charge in [0.15, 0.2) is 0 Å². The number of nitrogens with two attached hydrogens (primary N) is 1. The van der Waals surface area contributed by atoms with Gasteiger partial charge in [-0.05, 0) is 49.9 Å². The van der Waals surface area contributed by atoms with E-state index in [-0.39, 0.29) is 16.8 Å². The highest BCUT2D eigenvalue weighted by Crippen LogP contribution is 2.20. The molecule has 0 spiro atoms. The number of nitrogens with one attached hydrogen (secondary N) is 1. The van der Waals surface area contributed by atoms with E-state index in [0.717, 1.165) is 12.0 Å². The normalized spacial score (nSPS) is 14.6. The molecular weight excluding hydrogens is 288 g/mol. The number of carbonyl (C=O) groups excluding carboxylic acids is 1. The first-order valence-electron chi connectivity index (χ1n) is 7.02. The Morgan fingerprint density at radius 2 is 1.86 bits per heavy atom. The van der Waals surface area contributed by atoms with Gasteiger partial charge in [-0.1, -0.05) is 20.3 Å². The maximum Gasteiger partial charge on any atom is 0.251 e. The molecular formula is C15H24N2O3S. The Balaban J connectivity index is 3.15. The highest BCUT2D eigenvalue weighted by atomic mass is 32.2. The summed E-state index contributed by atoms with van der Waals surface area (Å²) in [5.41, 5.74) is 1.61. The van der Waals surface area contributed by atoms with E-state index in [4.69, 9.17) is 5.14 Å². The minimum absolute atomic E-state index is 0.00356. The minimum Gasteiger partial charge on any atom is -0.349 e. The van der Waals surface area contributed by atoms with Crippen LogP contribution in [-0.4, -0.2) is 20.4 Å². The molecule has 6 heteroatoms. The van der Waals surface area contributed by atoms with Crippen LogP contribution in [0, 0.1) is 19.8 Å². The molecule has 1 aromatic carbocycles. The molecule has 1 aromatic rings. The Labute approximate surface area is 127 Å². The predicted octanol–water partition coefficient (Wildman–Crippen LogP) is 2.12. The maximum absolute atomic E-state index is 12.3. The van der Waals surface area contributed by atoms with Crippen LogP contribution in [0.2, 0.25) is 0 Å². The summed E-state index contributed by atoms with van der Waals surface area (Å²) in [6.07, 6.45) is 0.955. The summed E-state index contributed by atoms with van der Waals surface area (Å²) < 4.78 is 23.2. The monoisotopic (exact) mass is 312 g/mol. The van der Waals surface area contributed by atoms with Crippen molar-refractivity contribution in [2.45, 2.75) is 52.0 Å². The summed E-state index contributed by atoms with van der Waals surface area (Å²) >= 11 is 0. The first kappa shape index (κ1) is 17.7. The average molecular weight is 312 g/mol. The summed E-state index contributed by atoms with van der Waals surface area (Å²) in [6, 6.07) is 3.04. The second kappa shape index (κ2) is 6.58. The Morgan fingerprint density at radius 1 is 1.29 bits per heavy atom. The van der Waals surface area contributed by atoms with Crippen molar-refractivity contribution in [2.24, 2.45) is 11.1 Å². The summed E-state index contributed by atoms with van der Waals surface area (Å²) in [7, 11) is -3.84. The van der Waals surface area contributed by atoms with Crippen LogP contribution < -0.4 is 10.5 Å². The van der Waals surface area contributed by atoms with Gasteiger partial charge < -0.3 is 5.32 Å². The van der Waals surface area contributed by atoms with Crippen LogP contribution in [0.5, 0.6) is 0 Å². The van der Waals surface area contributed by atoms with Gasteiger partial charge in [-0.3, -0.25) is 4.79 Å². The quantitative estimate of drug-likeness (QED) is 0.872. The van der Waals surface area contributed by atoms with Crippen molar-refractivity contribution < 1.29 is 13.2 Å². The molecule has 0 aromatic heterocycles. The van der Waals surface area contributed by atoms with Crippen LogP contribution in [0.1, 0.15) is 48.7 Å². The minimum atomic E-state index is -3.84. The molecule has 0 aliphatic carbocycles. The Kier molecular flexibility index (Phi) is 5.53. The molecule has 0 saturated heterocycles. The van der Waals surface area contributed by atoms with E-state index in [1.807, 2.05) is 6.92 Å². The fourth-order valence-corrected chi connectivity index (χ4v) is 2.92. The zero-order valence-electron chi connectivity index (χ0n) is 13.2. The van der Waals surface area contributed by atoms with E-state index in [9.17, 15) is 13.2 Å². The molecule has 0 fully saturated rings. The Hall–Kier alpha value is -1.40. The van der Waals surface area contributed by atoms with E-state index in [1.165, 1.54) is 6.07 Å². The van der Waals surface area contributed by atoms with Gasteiger partial charge in [0.1, 0.15) is 0 Å². The number of carbonyl (C=O) groups is 1. The molecule has 118 valence electrons. The second-order valence-electron chi connectivity index (χ2n) is 5.61. The van der Waals surface area contributed by atoms with Crippen molar-refractivity contribution >= 4 is 15.9 Å². The van der Waals surface area contributed by atoms with Crippen LogP contribution in [0.4, 0.5) is 0 Å². The number of amides is 1. The summed E-state index contributed by atoms with van der Waals surface area (Å²) in [5, 5.41) is 8.10. The number of rotatable bonds is 5. The fourth-order valence-electron chi connectivity index (χ4n) is 2.04. The van der Waals surface area contributed by atoms with Gasteiger partial charge in [-0.15, -0.1) is 0 Å². The topological polar surface area (TPSA) is 89.3 Å². The molecule has 5 nitrogen and oxygen atoms in total. The molecule has 0 aliphatic heterocycles. The van der Waals surface area contributed by atoms with Crippen molar-refractivity contribution in [3.63, 3.8) is 0 Å². The largest absolute Gasteiger partial charge is 0.349 e. The van der Waals surface area contributed by atoms with Crippen LogP contribution >= 0.6 is 0 Å². The number of sulfonamides is 1. The van der Waals surface area contributed by atoms with Crippen LogP contribution in [0.3, 0.4) is 0 Å². The van der Waals surface area contributed by atoms with E-state index in [2.05, 4.69) is 19.2 Å². The van der Waals surface area contributed by atoms with Crippen LogP contribution in [0.25, 0.3) is 0 Å². The molecule has 1 amide bonds. The van der Waals surface area contributed by atoms with E-state index >= 15 is 0 Å². The van der Waals surface area contributed by atoms with Gasteiger partial charge in [0.2, 0.25) is 10.0 Å². The summed E-state index contributed by atoms with van der Waals surface area (Å²) in [4.78, 5) is 12.3. The van der Waals surface area contributed by atoms with Crippen molar-refractivity contribution in [1.82, 2.24) is 5.32 Å². The van der Waals surface area contributed by atoms with E-state index < -0.39 is 10.0 Å². The number of benzene rings is 1. The van der Waals surface area contributed by atoms with Gasteiger partial charge >= 0.3 is 0 Å². The molecule has 0 saturated carbocycles. The molecule has 0 aliphatic rings. The van der Waals surface area contributed by atoms with Crippen molar-refractivity contribution in [3.8, 4) is 0 Å². The molecule has 2 unspecified atom stereocenters. The molecule has 1 rings (SSSR count). The van der Waals surface area contributed by atoms with Crippen molar-refractivity contribution in [3.05, 3.63) is 28.8 Å². The highest BCUT2D eigenvalue weighted by molar-refractivity contribution is 7.89. The predicted molar refractivity (Wildman–Crippen MR) is 83.7 cm³/mol. The number of primary sulfonamides is 1. The third-order valence-corrected chi connectivity index (χ3v) is 5.08. The molecule has 0 bridgehead atoms. The van der Waals surface area contributed by atoms with Gasteiger partial charge in [0, 0.05) is 11.6 Å². The lowest BCUT2D eigenvalue weighted by Crippen LogP contribution is -2.37. The summed E-state index contributed by atoms with van der Waals surface area (Å²) in [5.74, 6) is 0.0639. The van der Waals surface area contributed by atoms with Crippen molar-refractivity contribution in [1.29, 1.82) is 0 Å². The lowest BCUT2D eigenvalue weighted by molar-refractivity contribution is 0.0928. The maximum atomic E-state index is 12.3. The molecule has 3 N–H and O–H groups in total. The van der Waals surface area contributed by atoms with E-state index in [1.54, 1.807) is 19.9 Å². The average Bonchev–Trinajstić information content (AvgIpc) is 2.38. The number of hydrogen-bond donors (Lipinski definition) is 2. The highest BCUT2D eigenvalue weighted by Gasteiger charge is 2.19. The van der Waals surface area contributed by atoms with Gasteiger partial charge in [-0.25, -0.2) is 13.6 Å². The lowest BCUT2D eigenvalue weighted by atomic mass is 10.00. The van der Waals surface area contributed by atoms with Gasteiger partial charge in [0.25, 0.3) is 5.91 Å². The number of hydrogen-bond acceptors (Lipinski definition) is 3. The van der Waals surface area contributed by atoms with Crippen LogP contribution in [0.15, 0.2) is 17.0 Å². The molecule has 2 atom stereocenters. The standard InChI is InChI=1S/C15H24N2O3S/c1-6-9(2)12(5)17-15(18)13-7-10(3)11(4)14(8-13)21(16,19)20/h7-9,12H,6H2,1-5H3,(H,17,18)(H2,16,19,20). The number of aryl methyl sites for hydroxylation is 1. The third kappa shape index (κ3) is 4.28. The molecule has 0 heterocycles. The van der Waals surface area contributed by atoms with Crippen LogP contribution in [-0.2, 0) is 10.0 Å². The molecule has 21 heavy (non-hydrogen) atoms. The lowest BCUT2D eigenvalue weighted by Gasteiger charge is -2.20. The molecule has 0 radical (unpaired) electrons. The van der Waals surface area contributed by atoms with Gasteiger partial charge in [0.05, 0.1) is 4.90 Å². The SMILES string of the molecule is CCC(C)C(C)NC(=O)c1cc(C)c(C)c(S(N)(=O)=O)c1. The van der Waals surface area contributed by atoms with E-state index in [0.29, 0.717) is 17.0 Å². The second-order valence-corrected chi connectivity index (χ2v) is 7.14. The Bertz CT molecular complexity index is 639. The van der Waals surface area contributed by atoms with Gasteiger partial charge in [-0.2, -0.15) is 0 Å².